The molecular weight excluding hydrogens is 774 g/mol. The third-order valence-corrected chi connectivity index (χ3v) is 12.3. The number of amides is 2. The minimum absolute atomic E-state index is 0.0499. The van der Waals surface area contributed by atoms with Gasteiger partial charge in [0.15, 0.2) is 23.1 Å². The molecule has 306 valence electrons. The first-order valence-electron chi connectivity index (χ1n) is 19.4. The van der Waals surface area contributed by atoms with Crippen LogP contribution in [0.4, 0.5) is 10.1 Å². The molecule has 2 fully saturated rings. The number of ether oxygens (including phenoxy) is 2. The van der Waals surface area contributed by atoms with E-state index in [2.05, 4.69) is 10.4 Å². The summed E-state index contributed by atoms with van der Waals surface area (Å²) in [5.74, 6) is -4.34. The standard InChI is InChI=1S/C44H40FN7O8/c1-24-13-15-26(16-14-24)47-51-39(54)29-21-33-27(37(28-11-8-12-30(45)38(28)53)44(29,41(51)56)25-9-6-5-7-10-25)17-20-50-42(57)49(43(58)52(33)50)19-18-31-40(55)48(2)34-23-36(60-4)35(59-3)22-32(34)46-31/h5-17,22-23,29,33,37,47,53H,18-21H2,1-4H3/t29-,33+,37+,44+/m0/s1. The van der Waals surface area contributed by atoms with Gasteiger partial charge in [-0.25, -0.2) is 32.9 Å². The molecule has 2 N–H and O–H groups in total. The molecule has 15 nitrogen and oxygen atoms in total. The summed E-state index contributed by atoms with van der Waals surface area (Å²) in [7, 11) is 4.56. The number of allylic oxidation sites excluding steroid dienone is 2. The normalized spacial score (nSPS) is 20.7. The van der Waals surface area contributed by atoms with Gasteiger partial charge in [-0.2, -0.15) is 5.01 Å². The topological polar surface area (TPSA) is 172 Å². The number of phenolic OH excluding ortho intramolecular Hbond substituents is 1. The van der Waals surface area contributed by atoms with Crippen LogP contribution in [-0.2, 0) is 41.6 Å². The number of fused-ring (bicyclic) bond motifs is 5. The number of rotatable bonds is 9. The van der Waals surface area contributed by atoms with Gasteiger partial charge in [-0.05, 0) is 42.7 Å². The molecule has 9 rings (SSSR count). The first-order chi connectivity index (χ1) is 28.9. The number of nitrogens with zero attached hydrogens (tertiary/aromatic N) is 6. The SMILES string of the molecule is COc1cc2nc(CCn3c(=O)n4n(c3=O)[C@@H]3C[C@H]5C(=O)N(Nc6ccc(C)cc6)C(=O)[C@@]5(c5ccccc5)[C@@H](c5cccc(F)c5O)C3=CC4)c(=O)n(C)c2cc1OC. The zero-order valence-corrected chi connectivity index (χ0v) is 33.1. The molecule has 0 unspecified atom stereocenters. The van der Waals surface area contributed by atoms with Gasteiger partial charge in [0.05, 0.1) is 54.9 Å². The number of phenols is 1. The number of aryl methyl sites for hydroxylation is 3. The van der Waals surface area contributed by atoms with Crippen LogP contribution in [0.5, 0.6) is 17.2 Å². The number of imide groups is 1. The number of aromatic hydroxyl groups is 1. The molecule has 0 radical (unpaired) electrons. The second kappa shape index (κ2) is 14.2. The number of carbonyl (C=O) groups excluding carboxylic acids is 2. The van der Waals surface area contributed by atoms with Crippen LogP contribution in [0.3, 0.4) is 0 Å². The fourth-order valence-electron chi connectivity index (χ4n) is 9.45. The maximum Gasteiger partial charge on any atom is 0.347 e. The molecule has 4 atom stereocenters. The summed E-state index contributed by atoms with van der Waals surface area (Å²) in [5.41, 5.74) is 2.97. The van der Waals surface area contributed by atoms with Crippen LogP contribution in [0.25, 0.3) is 11.0 Å². The molecule has 2 amide bonds. The Morgan fingerprint density at radius 3 is 2.35 bits per heavy atom. The van der Waals surface area contributed by atoms with E-state index in [1.807, 2.05) is 19.1 Å². The minimum Gasteiger partial charge on any atom is -0.505 e. The van der Waals surface area contributed by atoms with Gasteiger partial charge in [0.25, 0.3) is 17.4 Å². The van der Waals surface area contributed by atoms with Gasteiger partial charge >= 0.3 is 11.4 Å². The van der Waals surface area contributed by atoms with Gasteiger partial charge in [0.2, 0.25) is 0 Å². The zero-order valence-electron chi connectivity index (χ0n) is 33.1. The molecule has 16 heteroatoms. The van der Waals surface area contributed by atoms with E-state index < -0.39 is 63.6 Å². The highest BCUT2D eigenvalue weighted by Gasteiger charge is 2.69. The van der Waals surface area contributed by atoms with Crippen molar-refractivity contribution in [2.45, 2.75) is 50.2 Å². The number of para-hydroxylation sites is 1. The highest BCUT2D eigenvalue weighted by atomic mass is 19.1. The molecule has 2 aromatic heterocycles. The Kier molecular flexibility index (Phi) is 9.10. The van der Waals surface area contributed by atoms with Crippen molar-refractivity contribution in [1.82, 2.24) is 28.5 Å². The molecule has 2 aliphatic heterocycles. The van der Waals surface area contributed by atoms with E-state index >= 15 is 9.18 Å². The Balaban J connectivity index is 1.17. The molecule has 60 heavy (non-hydrogen) atoms. The van der Waals surface area contributed by atoms with Gasteiger partial charge in [-0.1, -0.05) is 66.2 Å². The Morgan fingerprint density at radius 2 is 1.63 bits per heavy atom. The summed E-state index contributed by atoms with van der Waals surface area (Å²) >= 11 is 0. The predicted molar refractivity (Wildman–Crippen MR) is 218 cm³/mol. The third kappa shape index (κ3) is 5.53. The zero-order chi connectivity index (χ0) is 42.2. The maximum absolute atomic E-state index is 15.4. The van der Waals surface area contributed by atoms with Crippen molar-refractivity contribution in [3.8, 4) is 17.2 Å². The number of aromatic nitrogens is 5. The van der Waals surface area contributed by atoms with Gasteiger partial charge < -0.3 is 19.1 Å². The van der Waals surface area contributed by atoms with E-state index in [4.69, 9.17) is 9.47 Å². The van der Waals surface area contributed by atoms with Crippen molar-refractivity contribution in [2.24, 2.45) is 13.0 Å². The minimum atomic E-state index is -1.72. The number of methoxy groups -OCH3 is 2. The van der Waals surface area contributed by atoms with Crippen LogP contribution in [0.15, 0.2) is 111 Å². The lowest BCUT2D eigenvalue weighted by molar-refractivity contribution is -0.138. The Bertz CT molecular complexity index is 2970. The number of carbonyl (C=O) groups is 2. The molecule has 0 spiro atoms. The number of hydrazine groups is 1. The van der Waals surface area contributed by atoms with Crippen LogP contribution in [0.2, 0.25) is 0 Å². The smallest absolute Gasteiger partial charge is 0.347 e. The summed E-state index contributed by atoms with van der Waals surface area (Å²) in [6, 6.07) is 22.2. The molecule has 1 saturated heterocycles. The van der Waals surface area contributed by atoms with Gasteiger partial charge in [0, 0.05) is 43.6 Å². The second-order valence-electron chi connectivity index (χ2n) is 15.3. The van der Waals surface area contributed by atoms with Crippen molar-refractivity contribution in [3.63, 3.8) is 0 Å². The Morgan fingerprint density at radius 1 is 0.917 bits per heavy atom. The molecule has 1 saturated carbocycles. The number of nitrogens with one attached hydrogen (secondary N) is 1. The number of hydrogen-bond donors (Lipinski definition) is 2. The Hall–Kier alpha value is -7.23. The summed E-state index contributed by atoms with van der Waals surface area (Å²) in [6.07, 6.45) is 1.56. The van der Waals surface area contributed by atoms with E-state index in [9.17, 15) is 24.3 Å². The number of benzene rings is 4. The first kappa shape index (κ1) is 38.3. The van der Waals surface area contributed by atoms with E-state index in [1.54, 1.807) is 67.7 Å². The van der Waals surface area contributed by atoms with E-state index in [1.165, 1.54) is 40.3 Å². The molecular formula is C44H40FN7O8. The predicted octanol–water partition coefficient (Wildman–Crippen LogP) is 4.09. The highest BCUT2D eigenvalue weighted by Crippen LogP contribution is 2.62. The van der Waals surface area contributed by atoms with Crippen molar-refractivity contribution < 1.29 is 28.6 Å². The average Bonchev–Trinajstić information content (AvgIpc) is 3.63. The van der Waals surface area contributed by atoms with Gasteiger partial charge in [0.1, 0.15) is 5.69 Å². The number of anilines is 1. The highest BCUT2D eigenvalue weighted by molar-refractivity contribution is 6.12. The molecule has 0 bridgehead atoms. The summed E-state index contributed by atoms with van der Waals surface area (Å²) < 4.78 is 31.2. The van der Waals surface area contributed by atoms with Crippen LogP contribution < -0.4 is 31.8 Å². The summed E-state index contributed by atoms with van der Waals surface area (Å²) in [6.45, 7) is 1.59. The summed E-state index contributed by atoms with van der Waals surface area (Å²) in [4.78, 5) is 76.9. The second-order valence-corrected chi connectivity index (χ2v) is 15.3. The fraction of sp³-hybridized carbons (Fsp3) is 0.273. The van der Waals surface area contributed by atoms with Crippen molar-refractivity contribution in [1.29, 1.82) is 0 Å². The van der Waals surface area contributed by atoms with Gasteiger partial charge in [-0.3, -0.25) is 19.8 Å². The molecule has 4 heterocycles. The quantitative estimate of drug-likeness (QED) is 0.160. The monoisotopic (exact) mass is 813 g/mol. The van der Waals surface area contributed by atoms with Crippen molar-refractivity contribution >= 4 is 28.5 Å². The lowest BCUT2D eigenvalue weighted by Crippen LogP contribution is -2.53. The molecule has 3 aliphatic rings. The van der Waals surface area contributed by atoms with Crippen molar-refractivity contribution in [2.75, 3.05) is 19.6 Å². The van der Waals surface area contributed by atoms with Crippen molar-refractivity contribution in [3.05, 3.63) is 156 Å². The third-order valence-electron chi connectivity index (χ3n) is 12.3. The van der Waals surface area contributed by atoms with E-state index in [0.717, 1.165) is 21.2 Å². The summed E-state index contributed by atoms with van der Waals surface area (Å²) in [5, 5.41) is 12.4. The average molecular weight is 814 g/mol. The number of hydrogen-bond acceptors (Lipinski definition) is 10. The maximum atomic E-state index is 15.4. The van der Waals surface area contributed by atoms with Crippen LogP contribution in [0.1, 0.15) is 40.8 Å². The van der Waals surface area contributed by atoms with E-state index in [-0.39, 0.29) is 37.2 Å². The van der Waals surface area contributed by atoms with Crippen LogP contribution in [0, 0.1) is 18.7 Å². The van der Waals surface area contributed by atoms with E-state index in [0.29, 0.717) is 39.4 Å². The molecule has 1 aliphatic carbocycles. The van der Waals surface area contributed by atoms with Crippen LogP contribution >= 0.6 is 0 Å². The lowest BCUT2D eigenvalue weighted by atomic mass is 9.53. The Labute approximate surface area is 341 Å². The fourth-order valence-corrected chi connectivity index (χ4v) is 9.45. The van der Waals surface area contributed by atoms with Crippen LogP contribution in [-0.4, -0.2) is 59.6 Å². The molecule has 6 aromatic rings. The lowest BCUT2D eigenvalue weighted by Gasteiger charge is -2.49. The number of halogens is 1. The largest absolute Gasteiger partial charge is 0.505 e. The van der Waals surface area contributed by atoms with Gasteiger partial charge in [-0.15, -0.1) is 0 Å². The molecule has 4 aromatic carbocycles. The first-order valence-corrected chi connectivity index (χ1v) is 19.4.